The Kier molecular flexibility index (Phi) is 6.21. The Morgan fingerprint density at radius 2 is 1.68 bits per heavy atom. The van der Waals surface area contributed by atoms with E-state index in [1.54, 1.807) is 7.11 Å². The van der Waals surface area contributed by atoms with Gasteiger partial charge in [-0.15, -0.1) is 11.3 Å². The maximum atomic E-state index is 13.2. The first-order chi connectivity index (χ1) is 16.0. The highest BCUT2D eigenvalue weighted by Crippen LogP contribution is 2.39. The summed E-state index contributed by atoms with van der Waals surface area (Å²) in [5.41, 5.74) is -3.41. The smallest absolute Gasteiger partial charge is 0.497 e. The van der Waals surface area contributed by atoms with Crippen LogP contribution in [0.15, 0.2) is 48.5 Å². The number of hydrogen-bond acceptors (Lipinski definition) is 7. The normalized spacial score (nSPS) is 14.0. The zero-order valence-corrected chi connectivity index (χ0v) is 19.5. The second-order valence-electron chi connectivity index (χ2n) is 7.22. The van der Waals surface area contributed by atoms with Gasteiger partial charge in [-0.1, -0.05) is 0 Å². The van der Waals surface area contributed by atoms with Crippen molar-refractivity contribution < 1.29 is 40.0 Å². The molecule has 0 unspecified atom stereocenters. The van der Waals surface area contributed by atoms with E-state index >= 15 is 0 Å². The van der Waals surface area contributed by atoms with Crippen LogP contribution in [0, 0.1) is 0 Å². The lowest BCUT2D eigenvalue weighted by Crippen LogP contribution is -2.36. The molecular formula is C22H18F3NO6S2. The van der Waals surface area contributed by atoms with Crippen LogP contribution >= 0.6 is 11.3 Å². The first-order valence-corrected chi connectivity index (χ1v) is 12.0. The van der Waals surface area contributed by atoms with Gasteiger partial charge in [0.2, 0.25) is 0 Å². The summed E-state index contributed by atoms with van der Waals surface area (Å²) in [7, 11) is -3.13. The lowest BCUT2D eigenvalue weighted by molar-refractivity contribution is -0.0500. The molecule has 1 aromatic heterocycles. The minimum absolute atomic E-state index is 0.256. The zero-order chi connectivity index (χ0) is 24.7. The first kappa shape index (κ1) is 23.9. The number of hydrogen-bond donors (Lipinski definition) is 0. The third-order valence-electron chi connectivity index (χ3n) is 5.17. The van der Waals surface area contributed by atoms with Gasteiger partial charge in [0.05, 0.1) is 19.1 Å². The van der Waals surface area contributed by atoms with Gasteiger partial charge < -0.3 is 18.6 Å². The van der Waals surface area contributed by atoms with Gasteiger partial charge in [0.15, 0.2) is 11.5 Å². The molecule has 0 fully saturated rings. The fourth-order valence-corrected chi connectivity index (χ4v) is 5.09. The Bertz CT molecular complexity index is 1330. The van der Waals surface area contributed by atoms with Crippen LogP contribution < -0.4 is 18.6 Å². The fourth-order valence-electron chi connectivity index (χ4n) is 3.45. The Hall–Kier alpha value is -3.25. The molecule has 34 heavy (non-hydrogen) atoms. The summed E-state index contributed by atoms with van der Waals surface area (Å²) in [5.74, 6) is -0.443. The minimum Gasteiger partial charge on any atom is -0.497 e. The number of ether oxygens (including phenoxy) is 2. The molecule has 4 rings (SSSR count). The average molecular weight is 514 g/mol. The predicted octanol–water partition coefficient (Wildman–Crippen LogP) is 4.86. The molecule has 0 saturated carbocycles. The number of amides is 1. The molecule has 2 aromatic carbocycles. The van der Waals surface area contributed by atoms with Gasteiger partial charge in [-0.2, -0.15) is 21.6 Å². The van der Waals surface area contributed by atoms with Crippen LogP contribution in [0.4, 0.5) is 18.9 Å². The maximum Gasteiger partial charge on any atom is 0.534 e. The average Bonchev–Trinajstić information content (AvgIpc) is 3.24. The second kappa shape index (κ2) is 8.84. The van der Waals surface area contributed by atoms with Crippen molar-refractivity contribution in [1.82, 2.24) is 0 Å². The number of carbonyl (C=O) groups excluding carboxylic acids is 1. The third-order valence-corrected chi connectivity index (χ3v) is 7.35. The summed E-state index contributed by atoms with van der Waals surface area (Å²) in [6, 6.07) is 13.0. The molecule has 0 radical (unpaired) electrons. The Morgan fingerprint density at radius 3 is 2.29 bits per heavy atom. The molecule has 7 nitrogen and oxygen atoms in total. The highest BCUT2D eigenvalue weighted by atomic mass is 32.2. The lowest BCUT2D eigenvalue weighted by atomic mass is 10.1. The van der Waals surface area contributed by atoms with Crippen LogP contribution in [-0.4, -0.2) is 40.6 Å². The fraction of sp³-hybridized carbons (Fsp3) is 0.227. The summed E-state index contributed by atoms with van der Waals surface area (Å²) < 4.78 is 75.1. The number of alkyl halides is 3. The second-order valence-corrected chi connectivity index (χ2v) is 9.81. The molecule has 2 heterocycles. The van der Waals surface area contributed by atoms with Crippen LogP contribution in [-0.2, 0) is 16.5 Å². The van der Waals surface area contributed by atoms with Gasteiger partial charge in [0, 0.05) is 23.2 Å². The minimum atomic E-state index is -5.87. The number of fused-ring (bicyclic) bond motifs is 1. The van der Waals surface area contributed by atoms with Gasteiger partial charge in [0.1, 0.15) is 5.75 Å². The molecule has 0 atom stereocenters. The predicted molar refractivity (Wildman–Crippen MR) is 120 cm³/mol. The Morgan fingerprint density at radius 1 is 0.971 bits per heavy atom. The molecule has 3 aromatic rings. The van der Waals surface area contributed by atoms with Crippen LogP contribution in [0.3, 0.4) is 0 Å². The first-order valence-electron chi connectivity index (χ1n) is 9.82. The molecule has 0 saturated heterocycles. The Balaban J connectivity index is 1.61. The van der Waals surface area contributed by atoms with Gasteiger partial charge >= 0.3 is 15.6 Å². The van der Waals surface area contributed by atoms with Gasteiger partial charge in [-0.3, -0.25) is 4.79 Å². The molecular weight excluding hydrogens is 495 g/mol. The summed E-state index contributed by atoms with van der Waals surface area (Å²) in [4.78, 5) is 16.1. The number of nitrogens with zero attached hydrogens (tertiary/aromatic N) is 1. The van der Waals surface area contributed by atoms with Crippen molar-refractivity contribution in [2.24, 2.45) is 0 Å². The van der Waals surface area contributed by atoms with E-state index < -0.39 is 21.4 Å². The van der Waals surface area contributed by atoms with Crippen molar-refractivity contribution in [1.29, 1.82) is 0 Å². The number of thiophene rings is 1. The molecule has 0 N–H and O–H groups in total. The Labute approximate surface area is 197 Å². The van der Waals surface area contributed by atoms with Gasteiger partial charge in [-0.25, -0.2) is 0 Å². The van der Waals surface area contributed by atoms with Gasteiger partial charge in [-0.05, 0) is 60.0 Å². The van der Waals surface area contributed by atoms with Crippen LogP contribution in [0.5, 0.6) is 17.2 Å². The number of carbonyl (C=O) groups is 1. The van der Waals surface area contributed by atoms with Crippen LogP contribution in [0.25, 0.3) is 10.4 Å². The number of halogens is 3. The molecule has 0 aliphatic carbocycles. The van der Waals surface area contributed by atoms with E-state index in [0.717, 1.165) is 34.9 Å². The monoisotopic (exact) mass is 513 g/mol. The summed E-state index contributed by atoms with van der Waals surface area (Å²) in [5, 5.41) is 0. The van der Waals surface area contributed by atoms with E-state index in [0.29, 0.717) is 23.5 Å². The summed E-state index contributed by atoms with van der Waals surface area (Å²) in [6.07, 6.45) is 0.566. The number of rotatable bonds is 6. The number of anilines is 1. The molecule has 180 valence electrons. The van der Waals surface area contributed by atoms with E-state index in [2.05, 4.69) is 4.18 Å². The third kappa shape index (κ3) is 4.42. The van der Waals surface area contributed by atoms with Crippen molar-refractivity contribution in [3.8, 4) is 27.7 Å². The number of benzene rings is 2. The van der Waals surface area contributed by atoms with Gasteiger partial charge in [0.25, 0.3) is 5.91 Å². The standard InChI is InChI=1S/C22H18F3NO6S2/c1-30-16-6-3-13(4-7-16)19-11-14-9-10-26(21(27)20(14)33-19)15-5-8-17(18(12-15)31-2)32-34(28,29)22(23,24)25/h3-8,11-12H,9-10H2,1-2H3. The zero-order valence-electron chi connectivity index (χ0n) is 17.9. The van der Waals surface area contributed by atoms with Crippen molar-refractivity contribution in [2.45, 2.75) is 11.9 Å². The summed E-state index contributed by atoms with van der Waals surface area (Å²) >= 11 is 1.34. The molecule has 1 aliphatic heterocycles. The van der Waals surface area contributed by atoms with E-state index in [1.807, 2.05) is 30.3 Å². The number of methoxy groups -OCH3 is 2. The lowest BCUT2D eigenvalue weighted by Gasteiger charge is -2.27. The highest BCUT2D eigenvalue weighted by molar-refractivity contribution is 7.88. The molecule has 1 aliphatic rings. The largest absolute Gasteiger partial charge is 0.534 e. The van der Waals surface area contributed by atoms with Crippen molar-refractivity contribution >= 4 is 33.0 Å². The van der Waals surface area contributed by atoms with Crippen LogP contribution in [0.2, 0.25) is 0 Å². The summed E-state index contributed by atoms with van der Waals surface area (Å²) in [6.45, 7) is 0.328. The van der Waals surface area contributed by atoms with Crippen LogP contribution in [0.1, 0.15) is 15.2 Å². The molecule has 0 spiro atoms. The topological polar surface area (TPSA) is 82.1 Å². The van der Waals surface area contributed by atoms with Crippen molar-refractivity contribution in [3.05, 3.63) is 59.0 Å². The molecule has 1 amide bonds. The van der Waals surface area contributed by atoms with E-state index in [9.17, 15) is 26.4 Å². The van der Waals surface area contributed by atoms with Crippen molar-refractivity contribution in [3.63, 3.8) is 0 Å². The SMILES string of the molecule is COc1ccc(-c2cc3c(s2)C(=O)N(c2ccc(OS(=O)(=O)C(F)(F)F)c(OC)c2)CC3)cc1. The van der Waals surface area contributed by atoms with E-state index in [1.165, 1.54) is 28.4 Å². The molecule has 12 heteroatoms. The van der Waals surface area contributed by atoms with Crippen molar-refractivity contribution in [2.75, 3.05) is 25.7 Å². The van der Waals surface area contributed by atoms with E-state index in [4.69, 9.17) is 9.47 Å². The quantitative estimate of drug-likeness (QED) is 0.346. The maximum absolute atomic E-state index is 13.2. The van der Waals surface area contributed by atoms with E-state index in [-0.39, 0.29) is 11.7 Å². The molecule has 0 bridgehead atoms. The highest BCUT2D eigenvalue weighted by Gasteiger charge is 2.49.